The number of piperidine rings is 1. The second-order valence-electron chi connectivity index (χ2n) is 21.2. The summed E-state index contributed by atoms with van der Waals surface area (Å²) in [7, 11) is 0. The Balaban J connectivity index is 0.911. The molecule has 5 aliphatic carbocycles. The zero-order chi connectivity index (χ0) is 36.6. The fourth-order valence-electron chi connectivity index (χ4n) is 16.1. The van der Waals surface area contributed by atoms with Gasteiger partial charge in [0, 0.05) is 31.8 Å². The van der Waals surface area contributed by atoms with Gasteiger partial charge >= 0.3 is 0 Å². The Morgan fingerprint density at radius 2 is 1.67 bits per heavy atom. The van der Waals surface area contributed by atoms with Crippen molar-refractivity contribution in [1.29, 1.82) is 0 Å². The van der Waals surface area contributed by atoms with Gasteiger partial charge in [0.05, 0.1) is 42.2 Å². The van der Waals surface area contributed by atoms with Crippen LogP contribution in [-0.2, 0) is 18.9 Å². The lowest BCUT2D eigenvalue weighted by Crippen LogP contribution is -2.70. The molecule has 4 N–H and O–H groups in total. The van der Waals surface area contributed by atoms with Crippen LogP contribution in [0.5, 0.6) is 0 Å². The predicted molar refractivity (Wildman–Crippen MR) is 200 cm³/mol. The topological polar surface area (TPSA) is 110 Å². The SMILES string of the molecule is CCO[C@@H](C1C[C@@H](C)[C@H]2C(O1)[C@H](O)[C@@]1(N)C3CC[C@H]4C(C)(C)[C@@H](O[C@H]5CN(C6CCN7CCCC7C6)CCO5)CC[C@@]45C[C@@]35CC[C@]21C)C(C)(C)O. The van der Waals surface area contributed by atoms with Gasteiger partial charge in [-0.05, 0) is 156 Å². The maximum atomic E-state index is 12.6. The number of ether oxygens (including phenoxy) is 4. The summed E-state index contributed by atoms with van der Waals surface area (Å²) in [5.41, 5.74) is 6.47. The smallest absolute Gasteiger partial charge is 0.170 e. The van der Waals surface area contributed by atoms with E-state index in [4.69, 9.17) is 24.7 Å². The second kappa shape index (κ2) is 12.6. The van der Waals surface area contributed by atoms with Crippen molar-refractivity contribution in [3.8, 4) is 0 Å². The number of hydrogen-bond donors (Lipinski definition) is 3. The summed E-state index contributed by atoms with van der Waals surface area (Å²) in [6, 6.07) is 1.45. The molecule has 5 unspecified atom stereocenters. The first-order chi connectivity index (χ1) is 24.6. The first-order valence-electron chi connectivity index (χ1n) is 21.8. The van der Waals surface area contributed by atoms with Gasteiger partial charge in [-0.2, -0.15) is 0 Å². The highest BCUT2D eigenvalue weighted by atomic mass is 16.7. The minimum absolute atomic E-state index is 0.0502. The molecule has 9 aliphatic rings. The first-order valence-corrected chi connectivity index (χ1v) is 21.8. The van der Waals surface area contributed by atoms with E-state index in [1.54, 1.807) is 0 Å². The van der Waals surface area contributed by atoms with Gasteiger partial charge in [0.1, 0.15) is 6.10 Å². The van der Waals surface area contributed by atoms with E-state index in [1.807, 2.05) is 20.8 Å². The fraction of sp³-hybridized carbons (Fsp3) is 1.00. The number of morpholine rings is 1. The summed E-state index contributed by atoms with van der Waals surface area (Å²) in [6.45, 7) is 21.1. The summed E-state index contributed by atoms with van der Waals surface area (Å²) in [5, 5.41) is 23.7. The molecule has 296 valence electrons. The number of aliphatic hydroxyl groups excluding tert-OH is 1. The van der Waals surface area contributed by atoms with E-state index in [0.29, 0.717) is 24.5 Å². The van der Waals surface area contributed by atoms with Gasteiger partial charge in [-0.15, -0.1) is 0 Å². The molecule has 0 aromatic rings. The molecule has 0 bridgehead atoms. The lowest BCUT2D eigenvalue weighted by molar-refractivity contribution is -0.249. The van der Waals surface area contributed by atoms with E-state index in [2.05, 4.69) is 37.5 Å². The minimum Gasteiger partial charge on any atom is -0.388 e. The van der Waals surface area contributed by atoms with E-state index in [-0.39, 0.29) is 58.1 Å². The standard InChI is InChI=1S/C43H73N3O6/c1-8-49-37(39(5,6)48)29-22-26(2)34-35(51-29)36(47)43(44)31-12-11-30-38(3,4)32(13-15-41(30)25-42(31,41)17-16-40(34,43)7)52-33-24-46(20-21-50-33)28-14-19-45-18-9-10-27(45)23-28/h26-37,47-48H,8-25,44H2,1-7H3/t26-,27?,28?,29?,30+,31?,32+,33+,34+,35?,36+,37+,40-,41-,42+,43+/m1/s1. The third-order valence-electron chi connectivity index (χ3n) is 18.3. The molecule has 2 spiro atoms. The van der Waals surface area contributed by atoms with Crippen LogP contribution >= 0.6 is 0 Å². The van der Waals surface area contributed by atoms with Crippen LogP contribution in [0.15, 0.2) is 0 Å². The van der Waals surface area contributed by atoms with E-state index in [1.165, 1.54) is 58.0 Å². The van der Waals surface area contributed by atoms with Crippen LogP contribution in [0.2, 0.25) is 0 Å². The summed E-state index contributed by atoms with van der Waals surface area (Å²) >= 11 is 0. The van der Waals surface area contributed by atoms with Crippen LogP contribution in [0.1, 0.15) is 126 Å². The Labute approximate surface area is 314 Å². The molecule has 52 heavy (non-hydrogen) atoms. The van der Waals surface area contributed by atoms with Crippen molar-refractivity contribution >= 4 is 0 Å². The number of nitrogens with two attached hydrogens (primary N) is 1. The highest BCUT2D eigenvalue weighted by molar-refractivity contribution is 5.35. The normalized spacial score (nSPS) is 53.5. The minimum atomic E-state index is -1.04. The monoisotopic (exact) mass is 728 g/mol. The van der Waals surface area contributed by atoms with Crippen LogP contribution in [-0.4, -0.2) is 119 Å². The van der Waals surface area contributed by atoms with Crippen LogP contribution in [0.3, 0.4) is 0 Å². The van der Waals surface area contributed by atoms with Crippen molar-refractivity contribution in [2.75, 3.05) is 39.4 Å². The largest absolute Gasteiger partial charge is 0.388 e. The molecule has 0 aromatic carbocycles. The quantitative estimate of drug-likeness (QED) is 0.321. The van der Waals surface area contributed by atoms with E-state index >= 15 is 0 Å². The van der Waals surface area contributed by atoms with Gasteiger partial charge < -0.3 is 39.8 Å². The van der Waals surface area contributed by atoms with Crippen LogP contribution in [0.4, 0.5) is 0 Å². The Hall–Kier alpha value is -0.360. The van der Waals surface area contributed by atoms with Crippen molar-refractivity contribution in [2.24, 2.45) is 51.1 Å². The molecule has 4 saturated heterocycles. The third-order valence-corrected chi connectivity index (χ3v) is 18.3. The average molecular weight is 728 g/mol. The maximum Gasteiger partial charge on any atom is 0.170 e. The third kappa shape index (κ3) is 5.11. The van der Waals surface area contributed by atoms with Crippen LogP contribution in [0, 0.1) is 45.3 Å². The molecule has 4 heterocycles. The zero-order valence-corrected chi connectivity index (χ0v) is 33.7. The van der Waals surface area contributed by atoms with E-state index in [9.17, 15) is 10.2 Å². The highest BCUT2D eigenvalue weighted by Gasteiger charge is 2.85. The molecule has 9 nitrogen and oxygen atoms in total. The van der Waals surface area contributed by atoms with E-state index < -0.39 is 23.3 Å². The molecule has 9 heteroatoms. The lowest BCUT2D eigenvalue weighted by atomic mass is 9.43. The molecule has 9 rings (SSSR count). The summed E-state index contributed by atoms with van der Waals surface area (Å²) in [5.74, 6) is 1.39. The Morgan fingerprint density at radius 1 is 0.923 bits per heavy atom. The Kier molecular flexibility index (Phi) is 9.00. The van der Waals surface area contributed by atoms with Gasteiger partial charge in [-0.3, -0.25) is 4.90 Å². The predicted octanol–water partition coefficient (Wildman–Crippen LogP) is 5.34. The number of fused-ring (bicyclic) bond motifs is 5. The molecule has 0 aromatic heterocycles. The number of rotatable bonds is 7. The summed E-state index contributed by atoms with van der Waals surface area (Å²) < 4.78 is 26.5. The Morgan fingerprint density at radius 3 is 2.44 bits per heavy atom. The van der Waals surface area contributed by atoms with Gasteiger partial charge in [-0.25, -0.2) is 0 Å². The molecule has 5 saturated carbocycles. The van der Waals surface area contributed by atoms with Gasteiger partial charge in [0.25, 0.3) is 0 Å². The van der Waals surface area contributed by atoms with Gasteiger partial charge in [-0.1, -0.05) is 27.7 Å². The molecular formula is C43H73N3O6. The first kappa shape index (κ1) is 37.2. The fourth-order valence-corrected chi connectivity index (χ4v) is 16.1. The number of aliphatic hydroxyl groups is 2. The summed E-state index contributed by atoms with van der Waals surface area (Å²) in [4.78, 5) is 5.44. The van der Waals surface area contributed by atoms with Crippen molar-refractivity contribution in [3.05, 3.63) is 0 Å². The van der Waals surface area contributed by atoms with Crippen LogP contribution in [0.25, 0.3) is 0 Å². The molecule has 9 fully saturated rings. The average Bonchev–Trinajstić information content (AvgIpc) is 3.44. The van der Waals surface area contributed by atoms with Crippen molar-refractivity contribution in [2.45, 2.75) is 186 Å². The van der Waals surface area contributed by atoms with Crippen molar-refractivity contribution in [1.82, 2.24) is 9.80 Å². The van der Waals surface area contributed by atoms with Gasteiger partial charge in [0.2, 0.25) is 0 Å². The number of nitrogens with zero attached hydrogens (tertiary/aromatic N) is 2. The molecule has 0 radical (unpaired) electrons. The van der Waals surface area contributed by atoms with Crippen molar-refractivity contribution < 1.29 is 29.2 Å². The molecule has 4 aliphatic heterocycles. The van der Waals surface area contributed by atoms with Gasteiger partial charge in [0.15, 0.2) is 6.29 Å². The second-order valence-corrected chi connectivity index (χ2v) is 21.2. The Bertz CT molecular complexity index is 1360. The van der Waals surface area contributed by atoms with Crippen LogP contribution < -0.4 is 5.73 Å². The maximum absolute atomic E-state index is 12.6. The highest BCUT2D eigenvalue weighted by Crippen LogP contribution is 2.87. The zero-order valence-electron chi connectivity index (χ0n) is 33.7. The number of hydrogen-bond acceptors (Lipinski definition) is 9. The lowest BCUT2D eigenvalue weighted by Gasteiger charge is -2.63. The molecule has 16 atom stereocenters. The van der Waals surface area contributed by atoms with E-state index in [0.717, 1.165) is 57.8 Å². The molecular weight excluding hydrogens is 654 g/mol. The van der Waals surface area contributed by atoms with Crippen molar-refractivity contribution in [3.63, 3.8) is 0 Å². The molecule has 0 amide bonds. The summed E-state index contributed by atoms with van der Waals surface area (Å²) in [6.07, 6.45) is 12.4.